The first-order valence-electron chi connectivity index (χ1n) is 7.06. The molecule has 2 fully saturated rings. The number of hydrogen-bond acceptors (Lipinski definition) is 4. The Kier molecular flexibility index (Phi) is 4.25. The van der Waals surface area contributed by atoms with Crippen LogP contribution in [0.1, 0.15) is 26.2 Å². The number of likely N-dealkylation sites (N-methyl/N-ethyl adjacent to an activating group) is 2. The van der Waals surface area contributed by atoms with E-state index in [1.54, 1.807) is 0 Å². The molecule has 1 heterocycles. The van der Waals surface area contributed by atoms with Gasteiger partial charge < -0.3 is 16.0 Å². The van der Waals surface area contributed by atoms with E-state index in [2.05, 4.69) is 22.0 Å². The number of amides is 1. The van der Waals surface area contributed by atoms with Gasteiger partial charge in [-0.15, -0.1) is 0 Å². The van der Waals surface area contributed by atoms with Gasteiger partial charge in [0.05, 0.1) is 5.54 Å². The van der Waals surface area contributed by atoms with Crippen molar-refractivity contribution >= 4 is 5.91 Å². The van der Waals surface area contributed by atoms with Crippen molar-refractivity contribution in [1.82, 2.24) is 15.1 Å². The number of carbonyl (C=O) groups excluding carboxylic acids is 1. The zero-order valence-electron chi connectivity index (χ0n) is 11.6. The van der Waals surface area contributed by atoms with Crippen LogP contribution in [0.3, 0.4) is 0 Å². The van der Waals surface area contributed by atoms with Crippen molar-refractivity contribution < 1.29 is 4.79 Å². The topological polar surface area (TPSA) is 61.6 Å². The first kappa shape index (κ1) is 13.8. The maximum atomic E-state index is 11.6. The Balaban J connectivity index is 1.91. The van der Waals surface area contributed by atoms with Crippen LogP contribution in [0.5, 0.6) is 0 Å². The molecule has 2 atom stereocenters. The van der Waals surface area contributed by atoms with Gasteiger partial charge in [0.2, 0.25) is 5.91 Å². The summed E-state index contributed by atoms with van der Waals surface area (Å²) in [5.41, 5.74) is 5.08. The Morgan fingerprint density at radius 1 is 1.39 bits per heavy atom. The molecular formula is C13H26N4O. The van der Waals surface area contributed by atoms with Crippen molar-refractivity contribution in [1.29, 1.82) is 0 Å². The van der Waals surface area contributed by atoms with Crippen LogP contribution < -0.4 is 11.1 Å². The lowest BCUT2D eigenvalue weighted by atomic mass is 9.96. The van der Waals surface area contributed by atoms with Crippen molar-refractivity contribution in [3.8, 4) is 0 Å². The summed E-state index contributed by atoms with van der Waals surface area (Å²) in [6, 6.07) is 0.518. The van der Waals surface area contributed by atoms with Gasteiger partial charge in [-0.1, -0.05) is 6.92 Å². The monoisotopic (exact) mass is 254 g/mol. The molecule has 2 aliphatic rings. The standard InChI is InChI=1S/C13H26N4O/c1-3-16-6-8-17(9-7-16)11-4-5-13(10-11,15-2)12(14)18/h11,15H,3-10H2,1-2H3,(H2,14,18). The zero-order valence-corrected chi connectivity index (χ0v) is 11.6. The van der Waals surface area contributed by atoms with E-state index >= 15 is 0 Å². The van der Waals surface area contributed by atoms with Crippen LogP contribution in [0.25, 0.3) is 0 Å². The lowest BCUT2D eigenvalue weighted by Gasteiger charge is -2.38. The molecule has 0 aromatic rings. The van der Waals surface area contributed by atoms with Crippen LogP contribution >= 0.6 is 0 Å². The summed E-state index contributed by atoms with van der Waals surface area (Å²) in [5.74, 6) is -0.195. The van der Waals surface area contributed by atoms with E-state index in [9.17, 15) is 4.79 Å². The van der Waals surface area contributed by atoms with Crippen LogP contribution in [-0.4, -0.2) is 67.1 Å². The third-order valence-electron chi connectivity index (χ3n) is 4.81. The third kappa shape index (κ3) is 2.53. The number of primary amides is 1. The van der Waals surface area contributed by atoms with Crippen molar-refractivity contribution in [3.05, 3.63) is 0 Å². The lowest BCUT2D eigenvalue weighted by Crippen LogP contribution is -2.54. The first-order chi connectivity index (χ1) is 8.61. The van der Waals surface area contributed by atoms with E-state index in [0.29, 0.717) is 6.04 Å². The SMILES string of the molecule is CCN1CCN(C2CCC(NC)(C(N)=O)C2)CC1. The number of piperazine rings is 1. The molecule has 1 amide bonds. The summed E-state index contributed by atoms with van der Waals surface area (Å²) in [7, 11) is 1.85. The minimum absolute atomic E-state index is 0.195. The third-order valence-corrected chi connectivity index (χ3v) is 4.81. The smallest absolute Gasteiger partial charge is 0.237 e. The first-order valence-corrected chi connectivity index (χ1v) is 7.06. The predicted molar refractivity (Wildman–Crippen MR) is 72.3 cm³/mol. The molecule has 2 unspecified atom stereocenters. The summed E-state index contributed by atoms with van der Waals surface area (Å²) in [6.07, 6.45) is 2.82. The molecule has 0 aromatic carbocycles. The molecule has 3 N–H and O–H groups in total. The molecule has 18 heavy (non-hydrogen) atoms. The highest BCUT2D eigenvalue weighted by atomic mass is 16.1. The Morgan fingerprint density at radius 3 is 2.50 bits per heavy atom. The molecule has 1 aliphatic carbocycles. The predicted octanol–water partition coefficient (Wildman–Crippen LogP) is -0.380. The van der Waals surface area contributed by atoms with Crippen LogP contribution in [0, 0.1) is 0 Å². The summed E-state index contributed by atoms with van der Waals surface area (Å²) >= 11 is 0. The minimum atomic E-state index is -0.466. The molecule has 0 spiro atoms. The van der Waals surface area contributed by atoms with Crippen LogP contribution in [0.2, 0.25) is 0 Å². The van der Waals surface area contributed by atoms with Gasteiger partial charge in [0.15, 0.2) is 0 Å². The fourth-order valence-corrected chi connectivity index (χ4v) is 3.35. The molecule has 1 aliphatic heterocycles. The molecule has 0 aromatic heterocycles. The molecule has 1 saturated heterocycles. The number of nitrogens with zero attached hydrogens (tertiary/aromatic N) is 2. The van der Waals surface area contributed by atoms with Gasteiger partial charge in [-0.2, -0.15) is 0 Å². The Bertz CT molecular complexity index is 301. The van der Waals surface area contributed by atoms with E-state index in [-0.39, 0.29) is 5.91 Å². The van der Waals surface area contributed by atoms with Crippen molar-refractivity contribution in [2.45, 2.75) is 37.8 Å². The zero-order chi connectivity index (χ0) is 13.2. The van der Waals surface area contributed by atoms with Crippen molar-refractivity contribution in [2.75, 3.05) is 39.8 Å². The second kappa shape index (κ2) is 5.55. The van der Waals surface area contributed by atoms with Crippen LogP contribution in [0.15, 0.2) is 0 Å². The van der Waals surface area contributed by atoms with Crippen molar-refractivity contribution in [2.24, 2.45) is 5.73 Å². The highest BCUT2D eigenvalue weighted by Crippen LogP contribution is 2.33. The summed E-state index contributed by atoms with van der Waals surface area (Å²) < 4.78 is 0. The Morgan fingerprint density at radius 2 is 2.06 bits per heavy atom. The number of nitrogens with two attached hydrogens (primary N) is 1. The maximum Gasteiger partial charge on any atom is 0.237 e. The van der Waals surface area contributed by atoms with E-state index in [1.165, 1.54) is 0 Å². The van der Waals surface area contributed by atoms with Gasteiger partial charge in [0, 0.05) is 32.2 Å². The fourth-order valence-electron chi connectivity index (χ4n) is 3.35. The van der Waals surface area contributed by atoms with Gasteiger partial charge in [-0.25, -0.2) is 0 Å². The van der Waals surface area contributed by atoms with Crippen molar-refractivity contribution in [3.63, 3.8) is 0 Å². The molecule has 104 valence electrons. The van der Waals surface area contributed by atoms with Crippen LogP contribution in [0.4, 0.5) is 0 Å². The number of nitrogens with one attached hydrogen (secondary N) is 1. The van der Waals surface area contributed by atoms with E-state index < -0.39 is 5.54 Å². The summed E-state index contributed by atoms with van der Waals surface area (Å²) in [4.78, 5) is 16.6. The molecule has 1 saturated carbocycles. The second-order valence-corrected chi connectivity index (χ2v) is 5.56. The second-order valence-electron chi connectivity index (χ2n) is 5.56. The number of carbonyl (C=O) groups is 1. The number of rotatable bonds is 4. The van der Waals surface area contributed by atoms with E-state index in [4.69, 9.17) is 5.73 Å². The average Bonchev–Trinajstić information content (AvgIpc) is 2.84. The van der Waals surface area contributed by atoms with Gasteiger partial charge in [0.25, 0.3) is 0 Å². The largest absolute Gasteiger partial charge is 0.368 e. The Labute approximate surface area is 110 Å². The highest BCUT2D eigenvalue weighted by Gasteiger charge is 2.44. The number of hydrogen-bond donors (Lipinski definition) is 2. The molecular weight excluding hydrogens is 228 g/mol. The molecule has 5 nitrogen and oxygen atoms in total. The quantitative estimate of drug-likeness (QED) is 0.718. The minimum Gasteiger partial charge on any atom is -0.368 e. The Hall–Kier alpha value is -0.650. The van der Waals surface area contributed by atoms with Gasteiger partial charge >= 0.3 is 0 Å². The maximum absolute atomic E-state index is 11.6. The summed E-state index contributed by atoms with van der Waals surface area (Å²) in [6.45, 7) is 7.89. The molecule has 5 heteroatoms. The fraction of sp³-hybridized carbons (Fsp3) is 0.923. The van der Waals surface area contributed by atoms with Gasteiger partial charge in [-0.3, -0.25) is 9.69 Å². The molecule has 0 radical (unpaired) electrons. The van der Waals surface area contributed by atoms with Crippen LogP contribution in [-0.2, 0) is 4.79 Å². The van der Waals surface area contributed by atoms with Gasteiger partial charge in [0.1, 0.15) is 0 Å². The van der Waals surface area contributed by atoms with E-state index in [0.717, 1.165) is 52.0 Å². The lowest BCUT2D eigenvalue weighted by molar-refractivity contribution is -0.124. The van der Waals surface area contributed by atoms with E-state index in [1.807, 2.05) is 7.05 Å². The molecule has 2 rings (SSSR count). The van der Waals surface area contributed by atoms with Gasteiger partial charge in [-0.05, 0) is 32.9 Å². The summed E-state index contributed by atoms with van der Waals surface area (Å²) in [5, 5.41) is 3.15. The highest BCUT2D eigenvalue weighted by molar-refractivity contribution is 5.85. The average molecular weight is 254 g/mol. The molecule has 0 bridgehead atoms. The normalized spacial score (nSPS) is 34.9.